The van der Waals surface area contributed by atoms with Gasteiger partial charge in [-0.3, -0.25) is 19.4 Å². The molecule has 2 heterocycles. The standard InChI is InChI=1S/C36H48N2O6/c39-33-27-34(44-28-31-14-12-30(13-15-31)26-29-8-4-3-5-9-29)32(36(33)38-19-23-42-24-20-38)10-6-1-2-7-11-35(40)43-25-18-37-16-21-41-22-17-37/h1-5,8-9,12-15,32,34,36H,6-7,10-11,16-28H2/t32-,34-,36+/m0/s1. The van der Waals surface area contributed by atoms with Gasteiger partial charge in [0.2, 0.25) is 0 Å². The van der Waals surface area contributed by atoms with E-state index in [1.807, 2.05) is 6.07 Å². The van der Waals surface area contributed by atoms with Gasteiger partial charge >= 0.3 is 5.97 Å². The molecule has 3 atom stereocenters. The molecule has 2 aromatic rings. The zero-order chi connectivity index (χ0) is 30.4. The van der Waals surface area contributed by atoms with Crippen LogP contribution in [-0.4, -0.2) is 99.5 Å². The molecular formula is C36H48N2O6. The zero-order valence-corrected chi connectivity index (χ0v) is 25.9. The fraction of sp³-hybridized carbons (Fsp3) is 0.556. The summed E-state index contributed by atoms with van der Waals surface area (Å²) < 4.78 is 22.8. The van der Waals surface area contributed by atoms with E-state index in [2.05, 4.69) is 70.5 Å². The first-order valence-electron chi connectivity index (χ1n) is 16.3. The molecule has 0 amide bonds. The number of carbonyl (C=O) groups excluding carboxylic acids is 2. The van der Waals surface area contributed by atoms with E-state index in [0.29, 0.717) is 45.7 Å². The predicted octanol–water partition coefficient (Wildman–Crippen LogP) is 4.44. The number of hydrogen-bond acceptors (Lipinski definition) is 8. The van der Waals surface area contributed by atoms with E-state index in [1.165, 1.54) is 11.1 Å². The quantitative estimate of drug-likeness (QED) is 0.218. The zero-order valence-electron chi connectivity index (χ0n) is 25.9. The minimum atomic E-state index is -0.154. The average molecular weight is 605 g/mol. The van der Waals surface area contributed by atoms with Crippen molar-refractivity contribution in [3.05, 3.63) is 83.4 Å². The molecule has 8 heteroatoms. The van der Waals surface area contributed by atoms with E-state index >= 15 is 0 Å². The molecule has 0 spiro atoms. The van der Waals surface area contributed by atoms with Crippen LogP contribution in [-0.2, 0) is 41.6 Å². The number of Topliss-reactive ketones (excluding diaryl/α,β-unsaturated/α-hetero) is 1. The summed E-state index contributed by atoms with van der Waals surface area (Å²) in [6, 6.07) is 19.0. The molecule has 5 rings (SSSR count). The Morgan fingerprint density at radius 3 is 2.25 bits per heavy atom. The third kappa shape index (κ3) is 10.1. The van der Waals surface area contributed by atoms with E-state index in [9.17, 15) is 9.59 Å². The Morgan fingerprint density at radius 2 is 1.50 bits per heavy atom. The van der Waals surface area contributed by atoms with Crippen molar-refractivity contribution in [1.29, 1.82) is 0 Å². The van der Waals surface area contributed by atoms with Crippen molar-refractivity contribution in [3.63, 3.8) is 0 Å². The van der Waals surface area contributed by atoms with Gasteiger partial charge in [0.25, 0.3) is 0 Å². The number of rotatable bonds is 15. The number of nitrogens with zero attached hydrogens (tertiary/aromatic N) is 2. The molecule has 8 nitrogen and oxygen atoms in total. The van der Waals surface area contributed by atoms with Gasteiger partial charge < -0.3 is 18.9 Å². The van der Waals surface area contributed by atoms with Crippen molar-refractivity contribution in [2.45, 2.75) is 57.3 Å². The van der Waals surface area contributed by atoms with Gasteiger partial charge in [-0.2, -0.15) is 0 Å². The van der Waals surface area contributed by atoms with Crippen molar-refractivity contribution in [1.82, 2.24) is 9.80 Å². The van der Waals surface area contributed by atoms with Gasteiger partial charge in [-0.25, -0.2) is 0 Å². The molecule has 0 N–H and O–H groups in total. The highest BCUT2D eigenvalue weighted by molar-refractivity contribution is 5.87. The lowest BCUT2D eigenvalue weighted by Crippen LogP contribution is -2.49. The monoisotopic (exact) mass is 604 g/mol. The van der Waals surface area contributed by atoms with Crippen LogP contribution in [0, 0.1) is 5.92 Å². The van der Waals surface area contributed by atoms with Gasteiger partial charge in [-0.1, -0.05) is 66.7 Å². The summed E-state index contributed by atoms with van der Waals surface area (Å²) in [5.74, 6) is 0.259. The molecule has 1 saturated carbocycles. The maximum Gasteiger partial charge on any atom is 0.306 e. The molecule has 0 aromatic heterocycles. The van der Waals surface area contributed by atoms with Crippen LogP contribution in [0.25, 0.3) is 0 Å². The van der Waals surface area contributed by atoms with Gasteiger partial charge in [0.1, 0.15) is 6.61 Å². The van der Waals surface area contributed by atoms with Crippen LogP contribution in [0.15, 0.2) is 66.7 Å². The molecule has 44 heavy (non-hydrogen) atoms. The smallest absolute Gasteiger partial charge is 0.306 e. The Labute approximate surface area is 262 Å². The Morgan fingerprint density at radius 1 is 0.841 bits per heavy atom. The number of ether oxygens (including phenoxy) is 4. The second kappa shape index (κ2) is 17.6. The first-order valence-corrected chi connectivity index (χ1v) is 16.3. The number of hydrogen-bond donors (Lipinski definition) is 0. The normalized spacial score (nSPS) is 23.4. The predicted molar refractivity (Wildman–Crippen MR) is 169 cm³/mol. The maximum absolute atomic E-state index is 13.3. The van der Waals surface area contributed by atoms with Crippen LogP contribution >= 0.6 is 0 Å². The van der Waals surface area contributed by atoms with E-state index in [0.717, 1.165) is 70.8 Å². The largest absolute Gasteiger partial charge is 0.464 e. The first-order chi connectivity index (χ1) is 21.7. The number of ketones is 1. The summed E-state index contributed by atoms with van der Waals surface area (Å²) in [4.78, 5) is 30.0. The molecule has 0 bridgehead atoms. The van der Waals surface area contributed by atoms with Gasteiger partial charge in [-0.05, 0) is 42.4 Å². The summed E-state index contributed by atoms with van der Waals surface area (Å²) in [6.45, 7) is 7.88. The summed E-state index contributed by atoms with van der Waals surface area (Å²) in [5.41, 5.74) is 3.69. The Balaban J connectivity index is 1.08. The van der Waals surface area contributed by atoms with Crippen LogP contribution in [0.5, 0.6) is 0 Å². The lowest BCUT2D eigenvalue weighted by Gasteiger charge is -2.35. The van der Waals surface area contributed by atoms with Crippen molar-refractivity contribution >= 4 is 11.8 Å². The van der Waals surface area contributed by atoms with Crippen LogP contribution in [0.1, 0.15) is 48.8 Å². The number of allylic oxidation sites excluding steroid dienone is 2. The summed E-state index contributed by atoms with van der Waals surface area (Å²) in [6.07, 6.45) is 8.23. The molecule has 238 valence electrons. The van der Waals surface area contributed by atoms with Crippen LogP contribution in [0.4, 0.5) is 0 Å². The first kappa shape index (κ1) is 32.5. The lowest BCUT2D eigenvalue weighted by atomic mass is 9.93. The van der Waals surface area contributed by atoms with Gasteiger partial charge in [0.05, 0.1) is 45.2 Å². The number of morpholine rings is 2. The number of carbonyl (C=O) groups is 2. The van der Waals surface area contributed by atoms with E-state index < -0.39 is 0 Å². The molecule has 1 aliphatic carbocycles. The highest BCUT2D eigenvalue weighted by Gasteiger charge is 2.45. The molecular weight excluding hydrogens is 556 g/mol. The third-order valence-corrected chi connectivity index (χ3v) is 8.92. The van der Waals surface area contributed by atoms with E-state index in [1.54, 1.807) is 0 Å². The molecule has 2 saturated heterocycles. The fourth-order valence-electron chi connectivity index (χ4n) is 6.47. The molecule has 3 fully saturated rings. The highest BCUT2D eigenvalue weighted by Crippen LogP contribution is 2.34. The lowest BCUT2D eigenvalue weighted by molar-refractivity contribution is -0.144. The summed E-state index contributed by atoms with van der Waals surface area (Å²) in [5, 5.41) is 0. The second-order valence-corrected chi connectivity index (χ2v) is 12.0. The molecule has 0 unspecified atom stereocenters. The van der Waals surface area contributed by atoms with Gasteiger partial charge in [-0.15, -0.1) is 0 Å². The SMILES string of the molecule is O=C(CCC=CCC[C@H]1[C@@H](OCc2ccc(Cc3ccccc3)cc2)CC(=O)[C@@H]1N1CCOCC1)OCCN1CCOCC1. The van der Waals surface area contributed by atoms with Gasteiger partial charge in [0.15, 0.2) is 5.78 Å². The Hall–Kier alpha value is -2.88. The van der Waals surface area contributed by atoms with Gasteiger partial charge in [0, 0.05) is 51.5 Å². The van der Waals surface area contributed by atoms with Crippen molar-refractivity contribution in [2.75, 3.05) is 65.8 Å². The van der Waals surface area contributed by atoms with Crippen LogP contribution in [0.3, 0.4) is 0 Å². The second-order valence-electron chi connectivity index (χ2n) is 12.0. The maximum atomic E-state index is 13.3. The van der Waals surface area contributed by atoms with Crippen molar-refractivity contribution in [2.24, 2.45) is 5.92 Å². The summed E-state index contributed by atoms with van der Waals surface area (Å²) in [7, 11) is 0. The third-order valence-electron chi connectivity index (χ3n) is 8.92. The minimum Gasteiger partial charge on any atom is -0.464 e. The number of esters is 1. The molecule has 2 aliphatic heterocycles. The topological polar surface area (TPSA) is 77.5 Å². The highest BCUT2D eigenvalue weighted by atomic mass is 16.5. The Kier molecular flexibility index (Phi) is 13.0. The Bertz CT molecular complexity index is 1170. The van der Waals surface area contributed by atoms with Crippen LogP contribution < -0.4 is 0 Å². The number of benzene rings is 2. The van der Waals surface area contributed by atoms with Crippen molar-refractivity contribution < 1.29 is 28.5 Å². The van der Waals surface area contributed by atoms with Crippen molar-refractivity contribution in [3.8, 4) is 0 Å². The fourth-order valence-corrected chi connectivity index (χ4v) is 6.47. The average Bonchev–Trinajstić information content (AvgIpc) is 3.38. The van der Waals surface area contributed by atoms with Crippen LogP contribution in [0.2, 0.25) is 0 Å². The molecule has 2 aromatic carbocycles. The molecule has 0 radical (unpaired) electrons. The van der Waals surface area contributed by atoms with E-state index in [4.69, 9.17) is 18.9 Å². The molecule has 3 aliphatic rings. The minimum absolute atomic E-state index is 0.103. The summed E-state index contributed by atoms with van der Waals surface area (Å²) >= 11 is 0. The van der Waals surface area contributed by atoms with E-state index in [-0.39, 0.29) is 29.8 Å².